The second-order valence-corrected chi connectivity index (χ2v) is 5.65. The van der Waals surface area contributed by atoms with E-state index in [0.29, 0.717) is 13.0 Å². The van der Waals surface area contributed by atoms with Crippen LogP contribution in [0.3, 0.4) is 0 Å². The van der Waals surface area contributed by atoms with E-state index in [1.165, 1.54) is 12.1 Å². The maximum absolute atomic E-state index is 12.8. The number of carbonyl (C=O) groups is 1. The van der Waals surface area contributed by atoms with Crippen LogP contribution in [-0.4, -0.2) is 60.1 Å². The predicted molar refractivity (Wildman–Crippen MR) is 74.8 cm³/mol. The molecule has 0 aliphatic carbocycles. The van der Waals surface area contributed by atoms with Gasteiger partial charge >= 0.3 is 0 Å². The lowest BCUT2D eigenvalue weighted by atomic mass is 10.1. The largest absolute Gasteiger partial charge is 0.391 e. The van der Waals surface area contributed by atoms with Crippen LogP contribution >= 0.6 is 0 Å². The summed E-state index contributed by atoms with van der Waals surface area (Å²) in [6.07, 6.45) is 0.418. The monoisotopic (exact) mass is 280 g/mol. The molecule has 0 spiro atoms. The first kappa shape index (κ1) is 14.9. The molecule has 1 amide bonds. The zero-order valence-corrected chi connectivity index (χ0v) is 11.9. The van der Waals surface area contributed by atoms with Gasteiger partial charge < -0.3 is 14.9 Å². The molecule has 2 rings (SSSR count). The summed E-state index contributed by atoms with van der Waals surface area (Å²) in [5.41, 5.74) is 0.793. The van der Waals surface area contributed by atoms with Gasteiger partial charge in [0.25, 0.3) is 0 Å². The number of likely N-dealkylation sites (tertiary alicyclic amines) is 1. The SMILES string of the molecule is CN(C)CC1CC(O)CN1C(=O)Cc1ccc(F)cc1. The molecule has 1 aromatic carbocycles. The Bertz CT molecular complexity index is 461. The van der Waals surface area contributed by atoms with Crippen molar-refractivity contribution in [2.75, 3.05) is 27.2 Å². The van der Waals surface area contributed by atoms with Gasteiger partial charge in [0.15, 0.2) is 0 Å². The summed E-state index contributed by atoms with van der Waals surface area (Å²) in [4.78, 5) is 16.1. The van der Waals surface area contributed by atoms with E-state index >= 15 is 0 Å². The topological polar surface area (TPSA) is 43.8 Å². The summed E-state index contributed by atoms with van der Waals surface area (Å²) >= 11 is 0. The molecule has 20 heavy (non-hydrogen) atoms. The third-order valence-corrected chi connectivity index (χ3v) is 3.56. The summed E-state index contributed by atoms with van der Waals surface area (Å²) in [5, 5.41) is 9.77. The van der Waals surface area contributed by atoms with Crippen LogP contribution in [0.25, 0.3) is 0 Å². The van der Waals surface area contributed by atoms with Crippen LogP contribution < -0.4 is 0 Å². The van der Waals surface area contributed by atoms with Gasteiger partial charge in [-0.25, -0.2) is 4.39 Å². The molecule has 1 heterocycles. The second kappa shape index (κ2) is 6.33. The predicted octanol–water partition coefficient (Wildman–Crippen LogP) is 0.892. The van der Waals surface area contributed by atoms with Crippen LogP contribution in [0, 0.1) is 5.82 Å². The maximum Gasteiger partial charge on any atom is 0.227 e. The Morgan fingerprint density at radius 3 is 2.65 bits per heavy atom. The minimum atomic E-state index is -0.447. The summed E-state index contributed by atoms with van der Waals surface area (Å²) in [6, 6.07) is 6.02. The minimum absolute atomic E-state index is 0.0139. The van der Waals surface area contributed by atoms with Gasteiger partial charge in [-0.1, -0.05) is 12.1 Å². The van der Waals surface area contributed by atoms with Gasteiger partial charge in [-0.05, 0) is 38.2 Å². The van der Waals surface area contributed by atoms with Crippen molar-refractivity contribution in [1.29, 1.82) is 0 Å². The van der Waals surface area contributed by atoms with E-state index in [-0.39, 0.29) is 24.2 Å². The normalized spacial score (nSPS) is 22.6. The van der Waals surface area contributed by atoms with Crippen molar-refractivity contribution in [3.63, 3.8) is 0 Å². The number of rotatable bonds is 4. The zero-order valence-electron chi connectivity index (χ0n) is 11.9. The highest BCUT2D eigenvalue weighted by Crippen LogP contribution is 2.20. The minimum Gasteiger partial charge on any atom is -0.391 e. The Kier molecular flexibility index (Phi) is 4.73. The summed E-state index contributed by atoms with van der Waals surface area (Å²) < 4.78 is 12.8. The number of halogens is 1. The van der Waals surface area contributed by atoms with Crippen LogP contribution in [0.4, 0.5) is 4.39 Å². The number of carbonyl (C=O) groups excluding carboxylic acids is 1. The van der Waals surface area contributed by atoms with E-state index in [9.17, 15) is 14.3 Å². The smallest absolute Gasteiger partial charge is 0.227 e. The highest BCUT2D eigenvalue weighted by molar-refractivity contribution is 5.79. The number of aliphatic hydroxyl groups is 1. The van der Waals surface area contributed by atoms with Crippen molar-refractivity contribution in [2.45, 2.75) is 25.0 Å². The van der Waals surface area contributed by atoms with Crippen LogP contribution in [0.2, 0.25) is 0 Å². The standard InChI is InChI=1S/C15H21FN2O2/c1-17(2)9-13-8-14(19)10-18(13)15(20)7-11-3-5-12(16)6-4-11/h3-6,13-14,19H,7-10H2,1-2H3. The summed E-state index contributed by atoms with van der Waals surface area (Å²) in [5.74, 6) is -0.316. The number of hydrogen-bond donors (Lipinski definition) is 1. The number of nitrogens with zero attached hydrogens (tertiary/aromatic N) is 2. The Morgan fingerprint density at radius 1 is 1.40 bits per heavy atom. The van der Waals surface area contributed by atoms with E-state index in [1.807, 2.05) is 19.0 Å². The van der Waals surface area contributed by atoms with E-state index in [0.717, 1.165) is 12.1 Å². The first-order valence-electron chi connectivity index (χ1n) is 6.82. The number of aliphatic hydroxyl groups excluding tert-OH is 1. The molecule has 0 radical (unpaired) electrons. The lowest BCUT2D eigenvalue weighted by Crippen LogP contribution is -2.42. The van der Waals surface area contributed by atoms with Crippen molar-refractivity contribution >= 4 is 5.91 Å². The molecule has 5 heteroatoms. The van der Waals surface area contributed by atoms with Crippen molar-refractivity contribution in [2.24, 2.45) is 0 Å². The lowest BCUT2D eigenvalue weighted by molar-refractivity contribution is -0.131. The third kappa shape index (κ3) is 3.77. The van der Waals surface area contributed by atoms with Crippen LogP contribution in [0.15, 0.2) is 24.3 Å². The number of hydrogen-bond acceptors (Lipinski definition) is 3. The number of β-amino-alcohol motifs (C(OH)–C–C–N with tert-alkyl or cyclic N) is 1. The fourth-order valence-corrected chi connectivity index (χ4v) is 2.67. The molecule has 4 nitrogen and oxygen atoms in total. The molecule has 1 saturated heterocycles. The van der Waals surface area contributed by atoms with Gasteiger partial charge in [0.1, 0.15) is 5.82 Å². The van der Waals surface area contributed by atoms with Crippen molar-refractivity contribution in [3.8, 4) is 0 Å². The third-order valence-electron chi connectivity index (χ3n) is 3.56. The Hall–Kier alpha value is -1.46. The highest BCUT2D eigenvalue weighted by Gasteiger charge is 2.34. The fraction of sp³-hybridized carbons (Fsp3) is 0.533. The molecular weight excluding hydrogens is 259 g/mol. The molecule has 1 aliphatic heterocycles. The number of likely N-dealkylation sites (N-methyl/N-ethyl adjacent to an activating group) is 1. The number of amides is 1. The van der Waals surface area contributed by atoms with Crippen LogP contribution in [0.5, 0.6) is 0 Å². The van der Waals surface area contributed by atoms with Crippen molar-refractivity contribution in [3.05, 3.63) is 35.6 Å². The quantitative estimate of drug-likeness (QED) is 0.891. The van der Waals surface area contributed by atoms with Crippen molar-refractivity contribution in [1.82, 2.24) is 9.80 Å². The first-order chi connectivity index (χ1) is 9.45. The molecule has 1 N–H and O–H groups in total. The van der Waals surface area contributed by atoms with E-state index in [1.54, 1.807) is 17.0 Å². The van der Waals surface area contributed by atoms with Gasteiger partial charge in [0, 0.05) is 19.1 Å². The molecule has 0 saturated carbocycles. The second-order valence-electron chi connectivity index (χ2n) is 5.65. The Morgan fingerprint density at radius 2 is 2.05 bits per heavy atom. The molecule has 110 valence electrons. The van der Waals surface area contributed by atoms with Gasteiger partial charge in [-0.15, -0.1) is 0 Å². The van der Waals surface area contributed by atoms with Gasteiger partial charge in [-0.2, -0.15) is 0 Å². The molecular formula is C15H21FN2O2. The molecule has 0 bridgehead atoms. The van der Waals surface area contributed by atoms with Gasteiger partial charge in [0.05, 0.1) is 12.5 Å². The first-order valence-corrected chi connectivity index (χ1v) is 6.82. The van der Waals surface area contributed by atoms with Gasteiger partial charge in [0.2, 0.25) is 5.91 Å². The molecule has 2 unspecified atom stereocenters. The molecule has 0 aromatic heterocycles. The van der Waals surface area contributed by atoms with Crippen LogP contribution in [0.1, 0.15) is 12.0 Å². The van der Waals surface area contributed by atoms with E-state index in [4.69, 9.17) is 0 Å². The fourth-order valence-electron chi connectivity index (χ4n) is 2.67. The summed E-state index contributed by atoms with van der Waals surface area (Å²) in [7, 11) is 3.90. The number of benzene rings is 1. The van der Waals surface area contributed by atoms with Gasteiger partial charge in [-0.3, -0.25) is 4.79 Å². The Balaban J connectivity index is 2.01. The van der Waals surface area contributed by atoms with E-state index < -0.39 is 6.10 Å². The maximum atomic E-state index is 12.8. The summed E-state index contributed by atoms with van der Waals surface area (Å²) in [6.45, 7) is 1.13. The van der Waals surface area contributed by atoms with Crippen molar-refractivity contribution < 1.29 is 14.3 Å². The molecule has 2 atom stereocenters. The average molecular weight is 280 g/mol. The molecule has 1 aromatic rings. The van der Waals surface area contributed by atoms with Crippen LogP contribution in [-0.2, 0) is 11.2 Å². The van der Waals surface area contributed by atoms with E-state index in [2.05, 4.69) is 0 Å². The zero-order chi connectivity index (χ0) is 14.7. The highest BCUT2D eigenvalue weighted by atomic mass is 19.1. The average Bonchev–Trinajstić information content (AvgIpc) is 2.72. The molecule has 1 fully saturated rings. The molecule has 1 aliphatic rings. The lowest BCUT2D eigenvalue weighted by Gasteiger charge is -2.27. The Labute approximate surface area is 118 Å².